The van der Waals surface area contributed by atoms with E-state index >= 15 is 0 Å². The highest BCUT2D eigenvalue weighted by Crippen LogP contribution is 2.40. The molecule has 0 saturated carbocycles. The second kappa shape index (κ2) is 7.22. The summed E-state index contributed by atoms with van der Waals surface area (Å²) in [7, 11) is 0. The Labute approximate surface area is 163 Å². The van der Waals surface area contributed by atoms with E-state index < -0.39 is 0 Å². The van der Waals surface area contributed by atoms with E-state index in [-0.39, 0.29) is 22.4 Å². The number of aliphatic hydroxyl groups is 1. The Kier molecular flexibility index (Phi) is 5.33. The van der Waals surface area contributed by atoms with Crippen molar-refractivity contribution >= 4 is 29.0 Å². The van der Waals surface area contributed by atoms with Crippen molar-refractivity contribution in [2.75, 3.05) is 18.0 Å². The highest BCUT2D eigenvalue weighted by molar-refractivity contribution is 6.43. The molecule has 0 aliphatic carbocycles. The van der Waals surface area contributed by atoms with Crippen LogP contribution >= 0.6 is 23.2 Å². The van der Waals surface area contributed by atoms with Crippen LogP contribution in [0.1, 0.15) is 38.1 Å². The number of aromatic nitrogens is 2. The number of aromatic hydroxyl groups is 1. The van der Waals surface area contributed by atoms with Gasteiger partial charge in [-0.2, -0.15) is 0 Å². The fourth-order valence-electron chi connectivity index (χ4n) is 3.21. The van der Waals surface area contributed by atoms with E-state index in [2.05, 4.69) is 23.7 Å². The lowest BCUT2D eigenvalue weighted by molar-refractivity contribution is 0.268. The molecular formula is C19H23Cl2N3O2. The number of rotatable bonds is 3. The van der Waals surface area contributed by atoms with Crippen LogP contribution < -0.4 is 4.90 Å². The van der Waals surface area contributed by atoms with Gasteiger partial charge in [0.05, 0.1) is 23.0 Å². The molecular weight excluding hydrogens is 373 g/mol. The smallest absolute Gasteiger partial charge is 0.153 e. The number of halogens is 2. The van der Waals surface area contributed by atoms with Crippen LogP contribution in [0, 0.1) is 12.3 Å². The van der Waals surface area contributed by atoms with Crippen molar-refractivity contribution in [3.05, 3.63) is 33.6 Å². The maximum absolute atomic E-state index is 10.3. The summed E-state index contributed by atoms with van der Waals surface area (Å²) < 4.78 is 0. The minimum Gasteiger partial charge on any atom is -0.506 e. The van der Waals surface area contributed by atoms with Gasteiger partial charge in [-0.25, -0.2) is 9.97 Å². The van der Waals surface area contributed by atoms with E-state index in [0.29, 0.717) is 33.9 Å². The van der Waals surface area contributed by atoms with E-state index in [1.165, 1.54) is 0 Å². The third-order valence-electron chi connectivity index (χ3n) is 5.01. The fourth-order valence-corrected chi connectivity index (χ4v) is 3.53. The molecule has 0 spiro atoms. The number of hydrogen-bond donors (Lipinski definition) is 2. The summed E-state index contributed by atoms with van der Waals surface area (Å²) in [6.07, 6.45) is 2.13. The number of piperidine rings is 1. The van der Waals surface area contributed by atoms with Gasteiger partial charge in [-0.1, -0.05) is 37.0 Å². The van der Waals surface area contributed by atoms with Gasteiger partial charge in [0.15, 0.2) is 5.82 Å². The molecule has 1 aliphatic rings. The molecule has 0 amide bonds. The third kappa shape index (κ3) is 3.61. The monoisotopic (exact) mass is 395 g/mol. The number of hydrogen-bond acceptors (Lipinski definition) is 5. The van der Waals surface area contributed by atoms with Crippen molar-refractivity contribution in [2.24, 2.45) is 5.41 Å². The highest BCUT2D eigenvalue weighted by Gasteiger charge is 2.28. The Balaban J connectivity index is 2.02. The van der Waals surface area contributed by atoms with E-state index in [4.69, 9.17) is 28.2 Å². The van der Waals surface area contributed by atoms with E-state index in [9.17, 15) is 10.2 Å². The van der Waals surface area contributed by atoms with Crippen molar-refractivity contribution in [1.82, 2.24) is 9.97 Å². The van der Waals surface area contributed by atoms with Crippen molar-refractivity contribution in [3.63, 3.8) is 0 Å². The Morgan fingerprint density at radius 2 is 1.81 bits per heavy atom. The predicted molar refractivity (Wildman–Crippen MR) is 105 cm³/mol. The normalized spacial score (nSPS) is 16.8. The number of aryl methyl sites for hydroxylation is 1. The molecule has 1 aliphatic heterocycles. The molecule has 0 unspecified atom stereocenters. The maximum atomic E-state index is 10.3. The molecule has 0 atom stereocenters. The average Bonchev–Trinajstić information content (AvgIpc) is 2.60. The second-order valence-electron chi connectivity index (χ2n) is 7.49. The predicted octanol–water partition coefficient (Wildman–Crippen LogP) is 4.58. The van der Waals surface area contributed by atoms with Crippen LogP contribution in [0.25, 0.3) is 11.3 Å². The zero-order valence-electron chi connectivity index (χ0n) is 15.2. The molecule has 7 heteroatoms. The SMILES string of the molecule is Cc1nc(N2CCC(C)(C)CC2)c(CO)nc1-c1ccc(Cl)c(Cl)c1O. The quantitative estimate of drug-likeness (QED) is 0.795. The summed E-state index contributed by atoms with van der Waals surface area (Å²) in [5, 5.41) is 20.5. The summed E-state index contributed by atoms with van der Waals surface area (Å²) >= 11 is 12.0. The van der Waals surface area contributed by atoms with Crippen LogP contribution in [0.5, 0.6) is 5.75 Å². The molecule has 1 aromatic heterocycles. The fraction of sp³-hybridized carbons (Fsp3) is 0.474. The maximum Gasteiger partial charge on any atom is 0.153 e. The molecule has 2 N–H and O–H groups in total. The number of aliphatic hydroxyl groups excluding tert-OH is 1. The van der Waals surface area contributed by atoms with Crippen molar-refractivity contribution in [1.29, 1.82) is 0 Å². The van der Waals surface area contributed by atoms with E-state index in [1.54, 1.807) is 12.1 Å². The Bertz CT molecular complexity index is 830. The standard InChI is InChI=1S/C19H23Cl2N3O2/c1-11-16(12-4-5-13(20)15(21)17(12)26)23-14(10-25)18(22-11)24-8-6-19(2,3)7-9-24/h4-5,25-26H,6-10H2,1-3H3. The van der Waals surface area contributed by atoms with Crippen molar-refractivity contribution in [2.45, 2.75) is 40.2 Å². The van der Waals surface area contributed by atoms with Crippen LogP contribution in [0.3, 0.4) is 0 Å². The summed E-state index contributed by atoms with van der Waals surface area (Å²) in [6.45, 7) is 7.91. The van der Waals surface area contributed by atoms with Gasteiger partial charge in [0.1, 0.15) is 16.5 Å². The van der Waals surface area contributed by atoms with E-state index in [0.717, 1.165) is 25.9 Å². The first-order chi connectivity index (χ1) is 12.2. The van der Waals surface area contributed by atoms with Crippen LogP contribution in [0.15, 0.2) is 12.1 Å². The lowest BCUT2D eigenvalue weighted by Crippen LogP contribution is -2.38. The van der Waals surface area contributed by atoms with Gasteiger partial charge in [-0.3, -0.25) is 0 Å². The zero-order valence-corrected chi connectivity index (χ0v) is 16.7. The van der Waals surface area contributed by atoms with Gasteiger partial charge in [-0.15, -0.1) is 0 Å². The highest BCUT2D eigenvalue weighted by atomic mass is 35.5. The molecule has 2 aromatic rings. The van der Waals surface area contributed by atoms with Gasteiger partial charge in [0, 0.05) is 18.7 Å². The summed E-state index contributed by atoms with van der Waals surface area (Å²) in [5.41, 5.74) is 2.42. The van der Waals surface area contributed by atoms with Gasteiger partial charge >= 0.3 is 0 Å². The molecule has 140 valence electrons. The van der Waals surface area contributed by atoms with Crippen molar-refractivity contribution < 1.29 is 10.2 Å². The Hall–Kier alpha value is -1.56. The van der Waals surface area contributed by atoms with Gasteiger partial charge in [0.25, 0.3) is 0 Å². The van der Waals surface area contributed by atoms with Gasteiger partial charge in [0.2, 0.25) is 0 Å². The molecule has 26 heavy (non-hydrogen) atoms. The second-order valence-corrected chi connectivity index (χ2v) is 8.28. The lowest BCUT2D eigenvalue weighted by Gasteiger charge is -2.38. The molecule has 0 bridgehead atoms. The Morgan fingerprint density at radius 1 is 1.15 bits per heavy atom. The molecule has 2 heterocycles. The third-order valence-corrected chi connectivity index (χ3v) is 5.81. The number of anilines is 1. The average molecular weight is 396 g/mol. The van der Waals surface area contributed by atoms with E-state index in [1.807, 2.05) is 6.92 Å². The first kappa shape index (κ1) is 19.2. The number of nitrogens with zero attached hydrogens (tertiary/aromatic N) is 3. The van der Waals surface area contributed by atoms with Gasteiger partial charge in [-0.05, 0) is 37.3 Å². The van der Waals surface area contributed by atoms with Crippen LogP contribution in [0.4, 0.5) is 5.82 Å². The molecule has 3 rings (SSSR count). The van der Waals surface area contributed by atoms with Crippen LogP contribution in [-0.4, -0.2) is 33.3 Å². The number of phenolic OH excluding ortho intramolecular Hbond substituents is 1. The minimum absolute atomic E-state index is 0.0817. The molecule has 1 saturated heterocycles. The topological polar surface area (TPSA) is 69.5 Å². The zero-order chi connectivity index (χ0) is 19.1. The number of benzene rings is 1. The largest absolute Gasteiger partial charge is 0.506 e. The summed E-state index contributed by atoms with van der Waals surface area (Å²) in [4.78, 5) is 11.5. The Morgan fingerprint density at radius 3 is 2.42 bits per heavy atom. The molecule has 1 fully saturated rings. The van der Waals surface area contributed by atoms with Crippen LogP contribution in [0.2, 0.25) is 10.0 Å². The first-order valence-corrected chi connectivity index (χ1v) is 9.40. The summed E-state index contributed by atoms with van der Waals surface area (Å²) in [6, 6.07) is 3.27. The molecule has 5 nitrogen and oxygen atoms in total. The molecule has 1 aromatic carbocycles. The van der Waals surface area contributed by atoms with Gasteiger partial charge < -0.3 is 15.1 Å². The minimum atomic E-state index is -0.225. The number of phenols is 1. The summed E-state index contributed by atoms with van der Waals surface area (Å²) in [5.74, 6) is 0.580. The lowest BCUT2D eigenvalue weighted by atomic mass is 9.82. The van der Waals surface area contributed by atoms with Crippen molar-refractivity contribution in [3.8, 4) is 17.0 Å². The van der Waals surface area contributed by atoms with Crippen LogP contribution in [-0.2, 0) is 6.61 Å². The molecule has 0 radical (unpaired) electrons. The first-order valence-electron chi connectivity index (χ1n) is 8.64.